The van der Waals surface area contributed by atoms with Crippen molar-refractivity contribution >= 4 is 30.5 Å². The molecule has 0 spiro atoms. The molecule has 1 aromatic carbocycles. The van der Waals surface area contributed by atoms with Crippen molar-refractivity contribution in [2.75, 3.05) is 0 Å². The second kappa shape index (κ2) is 6.24. The fraction of sp³-hybridized carbons (Fsp3) is 0.200. The van der Waals surface area contributed by atoms with Gasteiger partial charge in [-0.05, 0) is 35.7 Å². The summed E-state index contributed by atoms with van der Waals surface area (Å²) in [4.78, 5) is 4.61. The van der Waals surface area contributed by atoms with Crippen molar-refractivity contribution in [3.63, 3.8) is 0 Å². The predicted molar refractivity (Wildman–Crippen MR) is 106 cm³/mol. The average molecular weight is 328 g/mol. The van der Waals surface area contributed by atoms with Gasteiger partial charge in [0.2, 0.25) is 0 Å². The summed E-state index contributed by atoms with van der Waals surface area (Å²) in [7, 11) is 6.13. The normalized spacial score (nSPS) is 11.6. The van der Waals surface area contributed by atoms with Crippen LogP contribution in [-0.4, -0.2) is 23.0 Å². The molecule has 0 amide bonds. The lowest BCUT2D eigenvalue weighted by molar-refractivity contribution is 0.662. The van der Waals surface area contributed by atoms with Gasteiger partial charge in [0.25, 0.3) is 0 Å². The van der Waals surface area contributed by atoms with Gasteiger partial charge in [-0.1, -0.05) is 44.5 Å². The van der Waals surface area contributed by atoms with E-state index in [1.807, 2.05) is 44.3 Å². The van der Waals surface area contributed by atoms with E-state index in [0.717, 1.165) is 33.3 Å². The van der Waals surface area contributed by atoms with E-state index in [0.29, 0.717) is 17.8 Å². The van der Waals surface area contributed by atoms with Crippen molar-refractivity contribution in [3.05, 3.63) is 60.6 Å². The molecular formula is C20H21BN4. The number of aromatic nitrogens is 3. The Balaban J connectivity index is 2.03. The minimum atomic E-state index is -0.317. The Labute approximate surface area is 149 Å². The summed E-state index contributed by atoms with van der Waals surface area (Å²) in [6.07, 6.45) is 4.38. The largest absolute Gasteiger partial charge is 0.397 e. The summed E-state index contributed by atoms with van der Waals surface area (Å²) in [5, 5.41) is 7.86. The summed E-state index contributed by atoms with van der Waals surface area (Å²) in [6, 6.07) is 8.14. The van der Waals surface area contributed by atoms with Crippen LogP contribution >= 0.6 is 0 Å². The number of pyridine rings is 1. The van der Waals surface area contributed by atoms with Crippen LogP contribution in [0.5, 0.6) is 0 Å². The number of benzene rings is 1. The number of hydrogen-bond donors (Lipinski definition) is 2. The minimum Gasteiger partial charge on any atom is -0.397 e. The highest BCUT2D eigenvalue weighted by atomic mass is 15.1. The zero-order valence-corrected chi connectivity index (χ0v) is 14.6. The molecule has 2 radical (unpaired) electrons. The van der Waals surface area contributed by atoms with E-state index in [9.17, 15) is 0 Å². The van der Waals surface area contributed by atoms with Gasteiger partial charge in [0.1, 0.15) is 5.69 Å². The lowest BCUT2D eigenvalue weighted by Crippen LogP contribution is -2.09. The fourth-order valence-corrected chi connectivity index (χ4v) is 2.87. The molecule has 0 saturated heterocycles. The number of nitrogens with zero attached hydrogens (tertiary/aromatic N) is 2. The maximum Gasteiger partial charge on any atom is 0.115 e. The number of H-pyrrole nitrogens is 1. The van der Waals surface area contributed by atoms with Crippen LogP contribution in [0.4, 0.5) is 0 Å². The number of nitrogens with one attached hydrogen (secondary N) is 1. The Morgan fingerprint density at radius 1 is 1.32 bits per heavy atom. The highest BCUT2D eigenvalue weighted by Gasteiger charge is 2.15. The molecule has 0 fully saturated rings. The third kappa shape index (κ3) is 3.50. The summed E-state index contributed by atoms with van der Waals surface area (Å²) in [5.74, 6) is 0. The lowest BCUT2D eigenvalue weighted by Gasteiger charge is -2.19. The van der Waals surface area contributed by atoms with Gasteiger partial charge in [-0.2, -0.15) is 5.10 Å². The van der Waals surface area contributed by atoms with Crippen LogP contribution in [0.15, 0.2) is 43.6 Å². The predicted octanol–water partition coefficient (Wildman–Crippen LogP) is 4.11. The first-order valence-corrected chi connectivity index (χ1v) is 8.12. The van der Waals surface area contributed by atoms with Crippen LogP contribution in [0, 0.1) is 0 Å². The van der Waals surface area contributed by atoms with E-state index in [1.165, 1.54) is 0 Å². The first kappa shape index (κ1) is 17.0. The van der Waals surface area contributed by atoms with Crippen molar-refractivity contribution in [2.24, 2.45) is 5.73 Å². The standard InChI is InChI=1S/C20H21BN4/c1-5-13-8-15(11-23-18(13)10-20(3,4)21)14-6-7-16-17(9-14)24-25-19(16)12(2)22/h5-9,11H,1-2,10,22H2,3-4H3,(H,24,25). The summed E-state index contributed by atoms with van der Waals surface area (Å²) in [5.41, 5.74) is 11.8. The molecule has 2 heterocycles. The molecule has 3 N–H and O–H groups in total. The maximum absolute atomic E-state index is 6.13. The Kier molecular flexibility index (Phi) is 4.25. The van der Waals surface area contributed by atoms with Gasteiger partial charge in [-0.15, -0.1) is 0 Å². The number of hydrogen-bond acceptors (Lipinski definition) is 3. The monoisotopic (exact) mass is 328 g/mol. The first-order chi connectivity index (χ1) is 11.8. The van der Waals surface area contributed by atoms with Crippen molar-refractivity contribution in [2.45, 2.75) is 25.6 Å². The molecule has 3 rings (SSSR count). The molecule has 0 bridgehead atoms. The average Bonchev–Trinajstić information content (AvgIpc) is 2.97. The Bertz CT molecular complexity index is 963. The van der Waals surface area contributed by atoms with Crippen LogP contribution in [0.1, 0.15) is 30.8 Å². The lowest BCUT2D eigenvalue weighted by atomic mass is 9.69. The smallest absolute Gasteiger partial charge is 0.115 e. The molecular weight excluding hydrogens is 307 g/mol. The van der Waals surface area contributed by atoms with Gasteiger partial charge in [-0.25, -0.2) is 0 Å². The van der Waals surface area contributed by atoms with Gasteiger partial charge in [0, 0.05) is 22.8 Å². The Morgan fingerprint density at radius 3 is 2.72 bits per heavy atom. The van der Waals surface area contributed by atoms with Crippen LogP contribution in [0.25, 0.3) is 33.8 Å². The zero-order chi connectivity index (χ0) is 18.2. The number of nitrogens with two attached hydrogens (primary N) is 1. The Hall–Kier alpha value is -2.82. The summed E-state index contributed by atoms with van der Waals surface area (Å²) >= 11 is 0. The van der Waals surface area contributed by atoms with Gasteiger partial charge >= 0.3 is 0 Å². The second-order valence-electron chi connectivity index (χ2n) is 6.99. The van der Waals surface area contributed by atoms with Crippen molar-refractivity contribution in [1.29, 1.82) is 0 Å². The molecule has 0 aliphatic heterocycles. The molecule has 0 unspecified atom stereocenters. The van der Waals surface area contributed by atoms with Crippen molar-refractivity contribution < 1.29 is 0 Å². The van der Waals surface area contributed by atoms with Crippen LogP contribution in [0.3, 0.4) is 0 Å². The van der Waals surface area contributed by atoms with E-state index in [2.05, 4.69) is 34.4 Å². The van der Waals surface area contributed by atoms with Gasteiger partial charge in [-0.3, -0.25) is 10.1 Å². The van der Waals surface area contributed by atoms with Gasteiger partial charge in [0.05, 0.1) is 19.1 Å². The quantitative estimate of drug-likeness (QED) is 0.693. The molecule has 0 atom stereocenters. The third-order valence-corrected chi connectivity index (χ3v) is 4.05. The highest BCUT2D eigenvalue weighted by Crippen LogP contribution is 2.30. The molecule has 4 nitrogen and oxygen atoms in total. The number of rotatable bonds is 5. The van der Waals surface area contributed by atoms with Gasteiger partial charge in [0.15, 0.2) is 0 Å². The summed E-state index contributed by atoms with van der Waals surface area (Å²) in [6.45, 7) is 11.6. The third-order valence-electron chi connectivity index (χ3n) is 4.05. The van der Waals surface area contributed by atoms with Crippen molar-refractivity contribution in [3.8, 4) is 11.1 Å². The molecule has 2 aromatic heterocycles. The van der Waals surface area contributed by atoms with Crippen LogP contribution in [0.2, 0.25) is 5.31 Å². The van der Waals surface area contributed by atoms with Crippen LogP contribution < -0.4 is 5.73 Å². The topological polar surface area (TPSA) is 67.6 Å². The fourth-order valence-electron chi connectivity index (χ4n) is 2.87. The molecule has 0 aliphatic carbocycles. The van der Waals surface area contributed by atoms with E-state index in [1.54, 1.807) is 0 Å². The summed E-state index contributed by atoms with van der Waals surface area (Å²) < 4.78 is 0. The molecule has 0 saturated carbocycles. The minimum absolute atomic E-state index is 0.317. The first-order valence-electron chi connectivity index (χ1n) is 8.12. The second-order valence-corrected chi connectivity index (χ2v) is 6.99. The highest BCUT2D eigenvalue weighted by molar-refractivity contribution is 6.14. The van der Waals surface area contributed by atoms with Crippen molar-refractivity contribution in [1.82, 2.24) is 15.2 Å². The van der Waals surface area contributed by atoms with Crippen LogP contribution in [-0.2, 0) is 6.42 Å². The number of fused-ring (bicyclic) bond motifs is 1. The van der Waals surface area contributed by atoms with E-state index < -0.39 is 0 Å². The molecule has 5 heteroatoms. The number of aromatic amines is 1. The molecule has 25 heavy (non-hydrogen) atoms. The van der Waals surface area contributed by atoms with E-state index in [-0.39, 0.29) is 5.31 Å². The maximum atomic E-state index is 6.13. The Morgan fingerprint density at radius 2 is 2.08 bits per heavy atom. The zero-order valence-electron chi connectivity index (χ0n) is 14.6. The SMILES string of the molecule is [B]C(C)(C)Cc1ncc(-c2ccc3c(C(=C)N)n[nH]c3c2)cc1C=C. The van der Waals surface area contributed by atoms with Gasteiger partial charge < -0.3 is 5.73 Å². The molecule has 124 valence electrons. The van der Waals surface area contributed by atoms with E-state index in [4.69, 9.17) is 13.6 Å². The molecule has 3 aromatic rings. The van der Waals surface area contributed by atoms with E-state index >= 15 is 0 Å². The molecule has 0 aliphatic rings.